The van der Waals surface area contributed by atoms with E-state index < -0.39 is 0 Å². The monoisotopic (exact) mass is 170 g/mol. The maximum Gasteiger partial charge on any atom is 0.0973 e. The van der Waals surface area contributed by atoms with Gasteiger partial charge in [0.2, 0.25) is 0 Å². The topological polar surface area (TPSA) is 33.3 Å². The van der Waals surface area contributed by atoms with Gasteiger partial charge in [-0.1, -0.05) is 6.42 Å². The maximum absolute atomic E-state index is 4.88. The van der Waals surface area contributed by atoms with Crippen molar-refractivity contribution in [1.82, 2.24) is 10.6 Å². The predicted molar refractivity (Wildman–Crippen MR) is 49.3 cm³/mol. The van der Waals surface area contributed by atoms with Gasteiger partial charge < -0.3 is 15.4 Å². The van der Waals surface area contributed by atoms with Gasteiger partial charge in [0, 0.05) is 19.6 Å². The lowest BCUT2D eigenvalue weighted by Gasteiger charge is -2.09. The molecule has 3 nitrogen and oxygen atoms in total. The summed E-state index contributed by atoms with van der Waals surface area (Å²) < 4.78 is 4.88. The van der Waals surface area contributed by atoms with E-state index in [4.69, 9.17) is 4.74 Å². The Morgan fingerprint density at radius 2 is 2.17 bits per heavy atom. The van der Waals surface area contributed by atoms with Crippen LogP contribution in [-0.2, 0) is 4.74 Å². The molecule has 0 unspecified atom stereocenters. The Hall–Kier alpha value is -0.120. The third-order valence-corrected chi connectivity index (χ3v) is 1.81. The molecule has 12 heavy (non-hydrogen) atoms. The first-order chi connectivity index (χ1) is 6.00. The van der Waals surface area contributed by atoms with Crippen LogP contribution in [0, 0.1) is 13.2 Å². The molecular formula is C9H18N2O. The lowest BCUT2D eigenvalue weighted by atomic mass is 10.2. The quantitative estimate of drug-likeness (QED) is 0.561. The van der Waals surface area contributed by atoms with Gasteiger partial charge in [-0.3, -0.25) is 0 Å². The number of ether oxygens (including phenoxy) is 1. The molecule has 2 aliphatic rings. The van der Waals surface area contributed by atoms with Crippen molar-refractivity contribution in [1.29, 1.82) is 0 Å². The smallest absolute Gasteiger partial charge is 0.0973 e. The summed E-state index contributed by atoms with van der Waals surface area (Å²) >= 11 is 0. The molecule has 2 saturated heterocycles. The normalized spacial score (nSPS) is 24.0. The summed E-state index contributed by atoms with van der Waals surface area (Å²) in [5, 5.41) is 6.26. The van der Waals surface area contributed by atoms with E-state index in [1.807, 2.05) is 0 Å². The number of piperidine rings is 1. The molecule has 0 amide bonds. The SMILES string of the molecule is [CH]1CCCCN1.[CH]1CNCCO1. The van der Waals surface area contributed by atoms with Crippen LogP contribution in [-0.4, -0.2) is 26.2 Å². The molecule has 2 aliphatic heterocycles. The van der Waals surface area contributed by atoms with E-state index in [0.717, 1.165) is 19.7 Å². The van der Waals surface area contributed by atoms with E-state index in [1.165, 1.54) is 25.8 Å². The Balaban J connectivity index is 0.000000120. The van der Waals surface area contributed by atoms with Gasteiger partial charge in [-0.25, -0.2) is 0 Å². The van der Waals surface area contributed by atoms with Crippen molar-refractivity contribution < 1.29 is 4.74 Å². The summed E-state index contributed by atoms with van der Waals surface area (Å²) in [6, 6.07) is 0. The number of rotatable bonds is 0. The van der Waals surface area contributed by atoms with E-state index in [-0.39, 0.29) is 0 Å². The van der Waals surface area contributed by atoms with Crippen LogP contribution in [0.15, 0.2) is 0 Å². The van der Waals surface area contributed by atoms with Gasteiger partial charge in [0.1, 0.15) is 0 Å². The van der Waals surface area contributed by atoms with Crippen LogP contribution in [0.5, 0.6) is 0 Å². The van der Waals surface area contributed by atoms with Crippen molar-refractivity contribution in [2.24, 2.45) is 0 Å². The molecule has 2 heterocycles. The largest absolute Gasteiger partial charge is 0.373 e. The third-order valence-electron chi connectivity index (χ3n) is 1.81. The van der Waals surface area contributed by atoms with E-state index in [2.05, 4.69) is 17.2 Å². The first-order valence-corrected chi connectivity index (χ1v) is 4.69. The van der Waals surface area contributed by atoms with Crippen molar-refractivity contribution in [2.45, 2.75) is 19.3 Å². The number of hydrogen-bond acceptors (Lipinski definition) is 3. The Labute approximate surface area is 74.9 Å². The average molecular weight is 170 g/mol. The Morgan fingerprint density at radius 1 is 1.17 bits per heavy atom. The summed E-state index contributed by atoms with van der Waals surface area (Å²) in [6.07, 6.45) is 4.00. The van der Waals surface area contributed by atoms with Crippen LogP contribution in [0.1, 0.15) is 19.3 Å². The van der Waals surface area contributed by atoms with Crippen molar-refractivity contribution >= 4 is 0 Å². The molecule has 0 aromatic rings. The lowest BCUT2D eigenvalue weighted by molar-refractivity contribution is 0.167. The third kappa shape index (κ3) is 5.52. The number of nitrogens with one attached hydrogen (secondary N) is 2. The van der Waals surface area contributed by atoms with E-state index in [0.29, 0.717) is 0 Å². The van der Waals surface area contributed by atoms with Gasteiger partial charge in [-0.05, 0) is 19.4 Å². The molecule has 2 radical (unpaired) electrons. The molecule has 70 valence electrons. The average Bonchev–Trinajstić information content (AvgIpc) is 2.24. The minimum absolute atomic E-state index is 0.833. The fourth-order valence-corrected chi connectivity index (χ4v) is 1.11. The summed E-state index contributed by atoms with van der Waals surface area (Å²) in [6.45, 7) is 7.85. The van der Waals surface area contributed by atoms with Gasteiger partial charge in [0.05, 0.1) is 13.2 Å². The molecule has 0 aromatic carbocycles. The molecule has 2 rings (SSSR count). The highest BCUT2D eigenvalue weighted by Crippen LogP contribution is 2.00. The second kappa shape index (κ2) is 7.53. The molecule has 0 spiro atoms. The van der Waals surface area contributed by atoms with Crippen LogP contribution < -0.4 is 10.6 Å². The van der Waals surface area contributed by atoms with Crippen molar-refractivity contribution in [3.8, 4) is 0 Å². The van der Waals surface area contributed by atoms with Gasteiger partial charge in [0.15, 0.2) is 0 Å². The Bertz CT molecular complexity index is 55.5. The minimum atomic E-state index is 0.833. The highest BCUT2D eigenvalue weighted by atomic mass is 16.5. The standard InChI is InChI=1S/C5H10N.C4H8NO/c1-2-4-6-5-3-1;1-3-6-4-2-5-1/h4,6H,1-3,5H2;3,5H,1-2,4H2. The van der Waals surface area contributed by atoms with Gasteiger partial charge >= 0.3 is 0 Å². The molecule has 0 saturated carbocycles. The molecule has 3 heteroatoms. The zero-order chi connectivity index (χ0) is 8.49. The highest BCUT2D eigenvalue weighted by molar-refractivity contribution is 4.67. The second-order valence-electron chi connectivity index (χ2n) is 2.90. The van der Waals surface area contributed by atoms with Crippen LogP contribution in [0.2, 0.25) is 0 Å². The lowest BCUT2D eigenvalue weighted by Crippen LogP contribution is -2.27. The van der Waals surface area contributed by atoms with Crippen LogP contribution in [0.3, 0.4) is 0 Å². The maximum atomic E-state index is 4.88. The van der Waals surface area contributed by atoms with Crippen LogP contribution in [0.25, 0.3) is 0 Å². The van der Waals surface area contributed by atoms with E-state index in [9.17, 15) is 0 Å². The highest BCUT2D eigenvalue weighted by Gasteiger charge is 1.94. The van der Waals surface area contributed by atoms with Gasteiger partial charge in [-0.15, -0.1) is 0 Å². The fourth-order valence-electron chi connectivity index (χ4n) is 1.11. The van der Waals surface area contributed by atoms with Crippen LogP contribution in [0.4, 0.5) is 0 Å². The Morgan fingerprint density at radius 3 is 2.33 bits per heavy atom. The van der Waals surface area contributed by atoms with Gasteiger partial charge in [0.25, 0.3) is 0 Å². The van der Waals surface area contributed by atoms with E-state index >= 15 is 0 Å². The Kier molecular flexibility index (Phi) is 6.25. The summed E-state index contributed by atoms with van der Waals surface area (Å²) in [7, 11) is 0. The minimum Gasteiger partial charge on any atom is -0.373 e. The first-order valence-electron chi connectivity index (χ1n) is 4.69. The molecular weight excluding hydrogens is 152 g/mol. The molecule has 2 N–H and O–H groups in total. The molecule has 2 fully saturated rings. The second-order valence-corrected chi connectivity index (χ2v) is 2.90. The van der Waals surface area contributed by atoms with Crippen LogP contribution >= 0.6 is 0 Å². The van der Waals surface area contributed by atoms with Crippen molar-refractivity contribution in [3.63, 3.8) is 0 Å². The number of hydrogen-bond donors (Lipinski definition) is 2. The summed E-state index contributed by atoms with van der Waals surface area (Å²) in [4.78, 5) is 0. The predicted octanol–water partition coefficient (Wildman–Crippen LogP) is 0.690. The van der Waals surface area contributed by atoms with E-state index in [1.54, 1.807) is 6.61 Å². The van der Waals surface area contributed by atoms with Gasteiger partial charge in [-0.2, -0.15) is 0 Å². The zero-order valence-corrected chi connectivity index (χ0v) is 7.51. The molecule has 0 atom stereocenters. The summed E-state index contributed by atoms with van der Waals surface area (Å²) in [5.74, 6) is 0. The number of morpholine rings is 1. The zero-order valence-electron chi connectivity index (χ0n) is 7.51. The summed E-state index contributed by atoms with van der Waals surface area (Å²) in [5.41, 5.74) is 0. The molecule has 0 bridgehead atoms. The fraction of sp³-hybridized carbons (Fsp3) is 0.778. The van der Waals surface area contributed by atoms with Crippen molar-refractivity contribution in [2.75, 3.05) is 26.2 Å². The van der Waals surface area contributed by atoms with Crippen molar-refractivity contribution in [3.05, 3.63) is 13.2 Å². The molecule has 0 aromatic heterocycles. The first kappa shape index (κ1) is 9.96. The molecule has 0 aliphatic carbocycles.